The van der Waals surface area contributed by atoms with Crippen molar-refractivity contribution in [2.24, 2.45) is 11.7 Å². The van der Waals surface area contributed by atoms with Gasteiger partial charge >= 0.3 is 0 Å². The van der Waals surface area contributed by atoms with E-state index in [-0.39, 0.29) is 0 Å². The maximum absolute atomic E-state index is 11.5. The molecular formula is C20H22N4O2S. The van der Waals surface area contributed by atoms with Crippen LogP contribution in [-0.2, 0) is 6.42 Å². The van der Waals surface area contributed by atoms with Gasteiger partial charge in [-0.05, 0) is 42.7 Å². The molecular weight excluding hydrogens is 360 g/mol. The van der Waals surface area contributed by atoms with Crippen molar-refractivity contribution in [3.8, 4) is 26.9 Å². The molecule has 0 bridgehead atoms. The average molecular weight is 382 g/mol. The summed E-state index contributed by atoms with van der Waals surface area (Å²) >= 11 is 1.69. The third-order valence-electron chi connectivity index (χ3n) is 5.15. The minimum atomic E-state index is -0.450. The smallest absolute Gasteiger partial charge is 0.248 e. The second-order valence-electron chi connectivity index (χ2n) is 7.19. The summed E-state index contributed by atoms with van der Waals surface area (Å²) in [5, 5.41) is 8.53. The third kappa shape index (κ3) is 3.12. The molecule has 0 saturated heterocycles. The topological polar surface area (TPSA) is 83.0 Å². The summed E-state index contributed by atoms with van der Waals surface area (Å²) < 4.78 is 8.01. The Morgan fingerprint density at radius 3 is 2.85 bits per heavy atom. The van der Waals surface area contributed by atoms with Crippen LogP contribution in [-0.4, -0.2) is 27.3 Å². The molecule has 0 saturated carbocycles. The van der Waals surface area contributed by atoms with Crippen LogP contribution in [0.2, 0.25) is 0 Å². The van der Waals surface area contributed by atoms with E-state index in [2.05, 4.69) is 41.6 Å². The highest BCUT2D eigenvalue weighted by Crippen LogP contribution is 2.44. The predicted octanol–water partition coefficient (Wildman–Crippen LogP) is 3.92. The molecule has 1 aromatic carbocycles. The fourth-order valence-corrected chi connectivity index (χ4v) is 4.47. The second kappa shape index (κ2) is 6.81. The number of primary amides is 1. The Morgan fingerprint density at radius 2 is 2.11 bits per heavy atom. The molecule has 1 atom stereocenters. The summed E-state index contributed by atoms with van der Waals surface area (Å²) in [7, 11) is 0. The lowest BCUT2D eigenvalue weighted by Gasteiger charge is -2.18. The van der Waals surface area contributed by atoms with Crippen molar-refractivity contribution < 1.29 is 9.53 Å². The van der Waals surface area contributed by atoms with Crippen LogP contribution in [0, 0.1) is 5.92 Å². The van der Waals surface area contributed by atoms with E-state index < -0.39 is 5.91 Å². The fraction of sp³-hybridized carbons (Fsp3) is 0.350. The van der Waals surface area contributed by atoms with Crippen molar-refractivity contribution in [2.75, 3.05) is 6.61 Å². The molecule has 1 aliphatic heterocycles. The van der Waals surface area contributed by atoms with Gasteiger partial charge in [-0.3, -0.25) is 4.79 Å². The lowest BCUT2D eigenvalue weighted by Crippen LogP contribution is -2.11. The van der Waals surface area contributed by atoms with Gasteiger partial charge in [-0.25, -0.2) is 0 Å². The summed E-state index contributed by atoms with van der Waals surface area (Å²) in [5.74, 6) is 1.63. The zero-order valence-electron chi connectivity index (χ0n) is 15.6. The van der Waals surface area contributed by atoms with E-state index >= 15 is 0 Å². The second-order valence-corrected chi connectivity index (χ2v) is 8.24. The zero-order valence-corrected chi connectivity index (χ0v) is 16.4. The van der Waals surface area contributed by atoms with Gasteiger partial charge < -0.3 is 15.0 Å². The molecule has 7 heteroatoms. The van der Waals surface area contributed by atoms with Gasteiger partial charge in [0, 0.05) is 28.5 Å². The molecule has 0 aliphatic carbocycles. The molecule has 140 valence electrons. The van der Waals surface area contributed by atoms with Crippen LogP contribution >= 0.6 is 11.3 Å². The number of aromatic nitrogens is 3. The molecule has 0 radical (unpaired) electrons. The van der Waals surface area contributed by atoms with Crippen LogP contribution in [0.25, 0.3) is 21.1 Å². The van der Waals surface area contributed by atoms with Gasteiger partial charge in [-0.2, -0.15) is 0 Å². The summed E-state index contributed by atoms with van der Waals surface area (Å²) in [6.45, 7) is 7.14. The molecule has 2 aromatic heterocycles. The number of thiophene rings is 1. The lowest BCUT2D eigenvalue weighted by molar-refractivity contribution is 0.1000. The first-order valence-electron chi connectivity index (χ1n) is 9.05. The van der Waals surface area contributed by atoms with Gasteiger partial charge in [0.15, 0.2) is 5.82 Å². The number of nitrogens with two attached hydrogens (primary N) is 1. The van der Waals surface area contributed by atoms with E-state index in [1.54, 1.807) is 29.8 Å². The van der Waals surface area contributed by atoms with Gasteiger partial charge in [0.05, 0.1) is 11.5 Å². The maximum atomic E-state index is 11.5. The number of benzene rings is 1. The molecule has 2 N–H and O–H groups in total. The number of fused-ring (bicyclic) bond motifs is 3. The Morgan fingerprint density at radius 1 is 1.30 bits per heavy atom. The molecule has 3 aromatic rings. The Bertz CT molecular complexity index is 1010. The van der Waals surface area contributed by atoms with Crippen molar-refractivity contribution in [3.63, 3.8) is 0 Å². The molecule has 6 nitrogen and oxygen atoms in total. The number of ether oxygens (including phenoxy) is 1. The standard InChI is InChI=1S/C20H22N4O2S/c1-11(2)12(3)24-10-22-23-20(24)17-9-13-6-7-26-16-8-14(19(21)25)4-5-15(16)18(13)27-17/h4-5,8-12H,6-7H2,1-3H3,(H2,21,25). The molecule has 27 heavy (non-hydrogen) atoms. The number of hydrogen-bond donors (Lipinski definition) is 1. The number of hydrogen-bond acceptors (Lipinski definition) is 5. The maximum Gasteiger partial charge on any atom is 0.248 e. The van der Waals surface area contributed by atoms with E-state index in [1.165, 1.54) is 5.56 Å². The molecule has 1 unspecified atom stereocenters. The Kier molecular flexibility index (Phi) is 4.47. The average Bonchev–Trinajstić information content (AvgIpc) is 3.24. The molecule has 0 fully saturated rings. The first-order chi connectivity index (χ1) is 13.0. The van der Waals surface area contributed by atoms with Crippen LogP contribution in [0.15, 0.2) is 30.6 Å². The SMILES string of the molecule is CC(C)C(C)n1cnnc1-c1cc2c(s1)-c1ccc(C(N)=O)cc1OCC2. The highest BCUT2D eigenvalue weighted by atomic mass is 32.1. The van der Waals surface area contributed by atoms with Crippen LogP contribution in [0.1, 0.15) is 42.7 Å². The van der Waals surface area contributed by atoms with E-state index in [4.69, 9.17) is 10.5 Å². The number of rotatable bonds is 4. The number of nitrogens with zero attached hydrogens (tertiary/aromatic N) is 3. The first kappa shape index (κ1) is 17.7. The molecule has 3 heterocycles. The van der Waals surface area contributed by atoms with Crippen LogP contribution in [0.3, 0.4) is 0 Å². The number of amides is 1. The highest BCUT2D eigenvalue weighted by Gasteiger charge is 2.23. The van der Waals surface area contributed by atoms with E-state index in [9.17, 15) is 4.79 Å². The minimum absolute atomic E-state index is 0.311. The Labute approximate surface area is 162 Å². The molecule has 0 spiro atoms. The first-order valence-corrected chi connectivity index (χ1v) is 9.87. The fourth-order valence-electron chi connectivity index (χ4n) is 3.24. The van der Waals surface area contributed by atoms with E-state index in [1.807, 2.05) is 6.07 Å². The molecule has 1 aliphatic rings. The monoisotopic (exact) mass is 382 g/mol. The number of carbonyl (C=O) groups excluding carboxylic acids is 1. The Balaban J connectivity index is 1.80. The predicted molar refractivity (Wildman–Crippen MR) is 106 cm³/mol. The zero-order chi connectivity index (χ0) is 19.1. The van der Waals surface area contributed by atoms with Crippen molar-refractivity contribution >= 4 is 17.2 Å². The van der Waals surface area contributed by atoms with Crippen molar-refractivity contribution in [3.05, 3.63) is 41.7 Å². The quantitative estimate of drug-likeness (QED) is 0.741. The minimum Gasteiger partial charge on any atom is -0.493 e. The van der Waals surface area contributed by atoms with Gasteiger partial charge in [-0.1, -0.05) is 13.8 Å². The van der Waals surface area contributed by atoms with Gasteiger partial charge in [-0.15, -0.1) is 21.5 Å². The van der Waals surface area contributed by atoms with E-state index in [0.717, 1.165) is 27.6 Å². The van der Waals surface area contributed by atoms with Gasteiger partial charge in [0.1, 0.15) is 12.1 Å². The normalized spacial score (nSPS) is 14.2. The third-order valence-corrected chi connectivity index (χ3v) is 6.35. The highest BCUT2D eigenvalue weighted by molar-refractivity contribution is 7.19. The number of carbonyl (C=O) groups is 1. The van der Waals surface area contributed by atoms with Crippen LogP contribution in [0.5, 0.6) is 5.75 Å². The summed E-state index contributed by atoms with van der Waals surface area (Å²) in [5.41, 5.74) is 8.09. The van der Waals surface area contributed by atoms with Crippen LogP contribution < -0.4 is 10.5 Å². The molecule has 4 rings (SSSR count). The van der Waals surface area contributed by atoms with Crippen LogP contribution in [0.4, 0.5) is 0 Å². The van der Waals surface area contributed by atoms with Crippen molar-refractivity contribution in [2.45, 2.75) is 33.2 Å². The summed E-state index contributed by atoms with van der Waals surface area (Å²) in [4.78, 5) is 13.7. The molecule has 1 amide bonds. The Hall–Kier alpha value is -2.67. The van der Waals surface area contributed by atoms with Crippen molar-refractivity contribution in [1.82, 2.24) is 14.8 Å². The van der Waals surface area contributed by atoms with Gasteiger partial charge in [0.25, 0.3) is 0 Å². The van der Waals surface area contributed by atoms with Gasteiger partial charge in [0.2, 0.25) is 5.91 Å². The van der Waals surface area contributed by atoms with Crippen molar-refractivity contribution in [1.29, 1.82) is 0 Å². The summed E-state index contributed by atoms with van der Waals surface area (Å²) in [6, 6.07) is 7.90. The van der Waals surface area contributed by atoms with E-state index in [0.29, 0.717) is 29.9 Å². The lowest BCUT2D eigenvalue weighted by atomic mass is 10.0. The summed E-state index contributed by atoms with van der Waals surface area (Å²) in [6.07, 6.45) is 2.61. The largest absolute Gasteiger partial charge is 0.493 e.